The molecule has 2 aromatic rings. The third kappa shape index (κ3) is 3.08. The molecule has 0 bridgehead atoms. The Hall–Kier alpha value is -2.33. The van der Waals surface area contributed by atoms with Crippen LogP contribution in [0.2, 0.25) is 0 Å². The number of ether oxygens (including phenoxy) is 1. The van der Waals surface area contributed by atoms with E-state index < -0.39 is 0 Å². The number of para-hydroxylation sites is 1. The second kappa shape index (κ2) is 6.84. The van der Waals surface area contributed by atoms with Crippen LogP contribution in [0.25, 0.3) is 0 Å². The molecule has 2 aromatic carbocycles. The van der Waals surface area contributed by atoms with Crippen LogP contribution >= 0.6 is 0 Å². The summed E-state index contributed by atoms with van der Waals surface area (Å²) in [6, 6.07) is 17.0. The predicted octanol–water partition coefficient (Wildman–Crippen LogP) is 3.09. The molecule has 1 aliphatic heterocycles. The molecule has 0 spiro atoms. The van der Waals surface area contributed by atoms with Crippen molar-refractivity contribution in [1.82, 2.24) is 4.90 Å². The average Bonchev–Trinajstić information content (AvgIpc) is 2.59. The number of carbonyl (C=O) groups excluding carboxylic acids is 1. The Bertz CT molecular complexity index is 671. The van der Waals surface area contributed by atoms with Gasteiger partial charge in [0, 0.05) is 18.9 Å². The molecule has 23 heavy (non-hydrogen) atoms. The molecule has 0 fully saturated rings. The van der Waals surface area contributed by atoms with Crippen molar-refractivity contribution >= 4 is 5.91 Å². The van der Waals surface area contributed by atoms with Gasteiger partial charge in [-0.2, -0.15) is 0 Å². The predicted molar refractivity (Wildman–Crippen MR) is 88.1 cm³/mol. The van der Waals surface area contributed by atoms with Crippen LogP contribution in [0.4, 0.5) is 0 Å². The van der Waals surface area contributed by atoms with Crippen LogP contribution in [0.3, 0.4) is 0 Å². The first-order valence-corrected chi connectivity index (χ1v) is 7.89. The molecule has 0 aromatic heterocycles. The van der Waals surface area contributed by atoms with E-state index in [-0.39, 0.29) is 24.6 Å². The fraction of sp³-hybridized carbons (Fsp3) is 0.316. The molecule has 0 saturated carbocycles. The Balaban J connectivity index is 2.01. The number of benzene rings is 2. The Kier molecular flexibility index (Phi) is 4.63. The Morgan fingerprint density at radius 3 is 2.61 bits per heavy atom. The maximum absolute atomic E-state index is 12.4. The molecule has 0 saturated heterocycles. The normalized spacial score (nSPS) is 17.7. The van der Waals surface area contributed by atoms with Gasteiger partial charge in [0.25, 0.3) is 0 Å². The number of nitrogens with zero attached hydrogens (tertiary/aromatic N) is 1. The van der Waals surface area contributed by atoms with Crippen LogP contribution in [-0.4, -0.2) is 29.1 Å². The molecule has 0 aliphatic carbocycles. The molecule has 4 heteroatoms. The summed E-state index contributed by atoms with van der Waals surface area (Å²) in [6.45, 7) is 2.02. The standard InChI is InChI=1S/C19H21NO3/c1-14(22)20(18(13-21)15-7-3-2-4-8-15)17-11-12-23-19-10-6-5-9-16(17)19/h2-10,17-18,21H,11-13H2,1H3. The highest BCUT2D eigenvalue weighted by Crippen LogP contribution is 2.39. The second-order valence-corrected chi connectivity index (χ2v) is 5.73. The molecule has 3 rings (SSSR count). The van der Waals surface area contributed by atoms with Gasteiger partial charge in [0.15, 0.2) is 0 Å². The number of amides is 1. The van der Waals surface area contributed by atoms with Crippen molar-refractivity contribution < 1.29 is 14.6 Å². The first kappa shape index (κ1) is 15.6. The molecule has 1 aliphatic rings. The van der Waals surface area contributed by atoms with E-state index in [2.05, 4.69) is 0 Å². The van der Waals surface area contributed by atoms with Crippen molar-refractivity contribution in [3.63, 3.8) is 0 Å². The molecule has 1 amide bonds. The number of aliphatic hydroxyl groups excluding tert-OH is 1. The van der Waals surface area contributed by atoms with Gasteiger partial charge in [-0.1, -0.05) is 48.5 Å². The van der Waals surface area contributed by atoms with E-state index in [1.165, 1.54) is 0 Å². The van der Waals surface area contributed by atoms with E-state index >= 15 is 0 Å². The maximum Gasteiger partial charge on any atom is 0.220 e. The minimum absolute atomic E-state index is 0.0467. The van der Waals surface area contributed by atoms with Crippen LogP contribution in [0.5, 0.6) is 5.75 Å². The lowest BCUT2D eigenvalue weighted by molar-refractivity contribution is -0.136. The van der Waals surface area contributed by atoms with Crippen LogP contribution in [0.15, 0.2) is 54.6 Å². The minimum atomic E-state index is -0.357. The summed E-state index contributed by atoms with van der Waals surface area (Å²) in [7, 11) is 0. The molecule has 1 heterocycles. The molecule has 1 N–H and O–H groups in total. The van der Waals surface area contributed by atoms with Crippen LogP contribution in [0.1, 0.15) is 36.6 Å². The summed E-state index contributed by atoms with van der Waals surface area (Å²) in [5, 5.41) is 9.95. The monoisotopic (exact) mass is 311 g/mol. The highest BCUT2D eigenvalue weighted by Gasteiger charge is 2.33. The summed E-state index contributed by atoms with van der Waals surface area (Å²) < 4.78 is 5.70. The highest BCUT2D eigenvalue weighted by molar-refractivity contribution is 5.74. The second-order valence-electron chi connectivity index (χ2n) is 5.73. The lowest BCUT2D eigenvalue weighted by Crippen LogP contribution is -2.40. The summed E-state index contributed by atoms with van der Waals surface area (Å²) in [4.78, 5) is 14.2. The topological polar surface area (TPSA) is 49.8 Å². The van der Waals surface area contributed by atoms with E-state index in [1.54, 1.807) is 11.8 Å². The molecular weight excluding hydrogens is 290 g/mol. The largest absolute Gasteiger partial charge is 0.493 e. The zero-order chi connectivity index (χ0) is 16.2. The van der Waals surface area contributed by atoms with E-state index in [1.807, 2.05) is 54.6 Å². The van der Waals surface area contributed by atoms with Crippen LogP contribution in [-0.2, 0) is 4.79 Å². The van der Waals surface area contributed by atoms with E-state index in [4.69, 9.17) is 4.74 Å². The quantitative estimate of drug-likeness (QED) is 0.944. The van der Waals surface area contributed by atoms with Crippen molar-refractivity contribution in [2.45, 2.75) is 25.4 Å². The van der Waals surface area contributed by atoms with E-state index in [0.717, 1.165) is 23.3 Å². The molecular formula is C19H21NO3. The van der Waals surface area contributed by atoms with Gasteiger partial charge in [-0.05, 0) is 11.6 Å². The Morgan fingerprint density at radius 2 is 1.91 bits per heavy atom. The van der Waals surface area contributed by atoms with Gasteiger partial charge >= 0.3 is 0 Å². The SMILES string of the molecule is CC(=O)N(C(CO)c1ccccc1)C1CCOc2ccccc21. The zero-order valence-electron chi connectivity index (χ0n) is 13.2. The number of hydrogen-bond donors (Lipinski definition) is 1. The summed E-state index contributed by atoms with van der Waals surface area (Å²) in [5.41, 5.74) is 1.94. The van der Waals surface area contributed by atoms with Gasteiger partial charge in [-0.15, -0.1) is 0 Å². The van der Waals surface area contributed by atoms with Gasteiger partial charge in [0.2, 0.25) is 5.91 Å². The minimum Gasteiger partial charge on any atom is -0.493 e. The number of carbonyl (C=O) groups is 1. The van der Waals surface area contributed by atoms with Crippen LogP contribution in [0, 0.1) is 0 Å². The molecule has 120 valence electrons. The summed E-state index contributed by atoms with van der Waals surface area (Å²) in [6.07, 6.45) is 0.722. The summed E-state index contributed by atoms with van der Waals surface area (Å²) >= 11 is 0. The Labute approximate surface area is 136 Å². The van der Waals surface area contributed by atoms with Crippen molar-refractivity contribution in [3.05, 3.63) is 65.7 Å². The number of aliphatic hydroxyl groups is 1. The third-order valence-corrected chi connectivity index (χ3v) is 4.32. The van der Waals surface area contributed by atoms with E-state index in [0.29, 0.717) is 6.61 Å². The lowest BCUT2D eigenvalue weighted by atomic mass is 9.95. The van der Waals surface area contributed by atoms with Crippen molar-refractivity contribution in [3.8, 4) is 5.75 Å². The van der Waals surface area contributed by atoms with Gasteiger partial charge in [0.05, 0.1) is 25.3 Å². The van der Waals surface area contributed by atoms with Gasteiger partial charge in [-0.25, -0.2) is 0 Å². The van der Waals surface area contributed by atoms with Crippen LogP contribution < -0.4 is 4.74 Å². The van der Waals surface area contributed by atoms with Crippen molar-refractivity contribution in [2.75, 3.05) is 13.2 Å². The Morgan fingerprint density at radius 1 is 1.22 bits per heavy atom. The smallest absolute Gasteiger partial charge is 0.220 e. The molecule has 4 nitrogen and oxygen atoms in total. The third-order valence-electron chi connectivity index (χ3n) is 4.32. The first-order chi connectivity index (χ1) is 11.2. The number of fused-ring (bicyclic) bond motifs is 1. The first-order valence-electron chi connectivity index (χ1n) is 7.89. The fourth-order valence-corrected chi connectivity index (χ4v) is 3.30. The van der Waals surface area contributed by atoms with Gasteiger partial charge < -0.3 is 14.7 Å². The molecule has 2 atom stereocenters. The molecule has 0 radical (unpaired) electrons. The summed E-state index contributed by atoms with van der Waals surface area (Å²) in [5.74, 6) is 0.773. The van der Waals surface area contributed by atoms with Crippen molar-refractivity contribution in [1.29, 1.82) is 0 Å². The molecule has 2 unspecified atom stereocenters. The maximum atomic E-state index is 12.4. The zero-order valence-corrected chi connectivity index (χ0v) is 13.2. The average molecular weight is 311 g/mol. The fourth-order valence-electron chi connectivity index (χ4n) is 3.30. The van der Waals surface area contributed by atoms with Gasteiger partial charge in [0.1, 0.15) is 5.75 Å². The highest BCUT2D eigenvalue weighted by atomic mass is 16.5. The van der Waals surface area contributed by atoms with E-state index in [9.17, 15) is 9.90 Å². The number of hydrogen-bond acceptors (Lipinski definition) is 3. The lowest BCUT2D eigenvalue weighted by Gasteiger charge is -2.39. The van der Waals surface area contributed by atoms with Gasteiger partial charge in [-0.3, -0.25) is 4.79 Å². The number of rotatable bonds is 4. The van der Waals surface area contributed by atoms with Crippen molar-refractivity contribution in [2.24, 2.45) is 0 Å².